The smallest absolute Gasteiger partial charge is 0.364 e. The van der Waals surface area contributed by atoms with Crippen LogP contribution < -0.4 is 5.73 Å². The van der Waals surface area contributed by atoms with Gasteiger partial charge in [0.15, 0.2) is 5.13 Å². The summed E-state index contributed by atoms with van der Waals surface area (Å²) in [6, 6.07) is 29.0. The van der Waals surface area contributed by atoms with Gasteiger partial charge in [-0.15, -0.1) is 0 Å². The summed E-state index contributed by atoms with van der Waals surface area (Å²) in [5.41, 5.74) is 6.88. The third kappa shape index (κ3) is 4.08. The van der Waals surface area contributed by atoms with Gasteiger partial charge in [0.25, 0.3) is 0 Å². The fourth-order valence-corrected chi connectivity index (χ4v) is 3.82. The van der Waals surface area contributed by atoms with Crippen molar-refractivity contribution in [1.29, 1.82) is 0 Å². The fourth-order valence-electron chi connectivity index (χ4n) is 3.39. The Hall–Kier alpha value is -4.04. The molecule has 0 radical (unpaired) electrons. The van der Waals surface area contributed by atoms with Crippen molar-refractivity contribution in [3.8, 4) is 0 Å². The van der Waals surface area contributed by atoms with E-state index in [0.717, 1.165) is 28.2 Å². The van der Waals surface area contributed by atoms with Gasteiger partial charge in [0.05, 0.1) is 7.11 Å². The highest BCUT2D eigenvalue weighted by atomic mass is 32.1. The normalized spacial score (nSPS) is 11.7. The molecule has 0 amide bonds. The molecule has 0 aliphatic carbocycles. The van der Waals surface area contributed by atoms with Crippen LogP contribution in [0.5, 0.6) is 0 Å². The number of nitrogens with two attached hydrogens (primary N) is 1. The Kier molecular flexibility index (Phi) is 6.23. The number of methoxy groups -OCH3 is 1. The zero-order valence-corrected chi connectivity index (χ0v) is 18.0. The third-order valence-electron chi connectivity index (χ3n) is 4.85. The molecule has 0 atom stereocenters. The summed E-state index contributed by atoms with van der Waals surface area (Å²) in [5.74, 6) is -0.687. The maximum Gasteiger partial charge on any atom is 0.364 e. The van der Waals surface area contributed by atoms with Gasteiger partial charge in [-0.1, -0.05) is 96.2 Å². The van der Waals surface area contributed by atoms with Crippen LogP contribution >= 0.6 is 11.5 Å². The summed E-state index contributed by atoms with van der Waals surface area (Å²) >= 11 is 0.956. The molecule has 0 aliphatic rings. The van der Waals surface area contributed by atoms with Crippen LogP contribution in [-0.4, -0.2) is 28.1 Å². The summed E-state index contributed by atoms with van der Waals surface area (Å²) < 4.78 is 8.99. The largest absolute Gasteiger partial charge is 0.464 e. The molecular weight excluding hydrogens is 424 g/mol. The Morgan fingerprint density at radius 1 is 0.875 bits per heavy atom. The van der Waals surface area contributed by atoms with Crippen molar-refractivity contribution in [2.75, 3.05) is 12.8 Å². The molecular formula is C24H20N4O3S. The molecule has 1 heterocycles. The van der Waals surface area contributed by atoms with E-state index in [4.69, 9.17) is 15.3 Å². The van der Waals surface area contributed by atoms with Gasteiger partial charge < -0.3 is 15.3 Å². The first-order valence-corrected chi connectivity index (χ1v) is 10.5. The second-order valence-corrected chi connectivity index (χ2v) is 7.54. The molecule has 4 rings (SSSR count). The number of anilines is 1. The number of esters is 1. The first-order chi connectivity index (χ1) is 15.6. The molecule has 160 valence electrons. The van der Waals surface area contributed by atoms with E-state index < -0.39 is 11.6 Å². The molecule has 1 aromatic heterocycles. The summed E-state index contributed by atoms with van der Waals surface area (Å²) in [4.78, 5) is 22.9. The molecule has 0 fully saturated rings. The lowest BCUT2D eigenvalue weighted by atomic mass is 9.80. The standard InChI is InChI=1S/C24H20N4O3S/c1-30-22(29)20(21-26-23(25)32-28-21)27-31-24(17-11-5-2-6-12-17,18-13-7-3-8-14-18)19-15-9-4-10-16-19/h2-16H,1H3,(H2,25,26,28). The highest BCUT2D eigenvalue weighted by Gasteiger charge is 2.40. The highest BCUT2D eigenvalue weighted by molar-refractivity contribution is 7.09. The van der Waals surface area contributed by atoms with Crippen LogP contribution in [-0.2, 0) is 20.0 Å². The number of hydrogen-bond donors (Lipinski definition) is 1. The highest BCUT2D eigenvalue weighted by Crippen LogP contribution is 2.40. The number of carbonyl (C=O) groups is 1. The van der Waals surface area contributed by atoms with Crippen molar-refractivity contribution < 1.29 is 14.4 Å². The summed E-state index contributed by atoms with van der Waals surface area (Å²) in [6.07, 6.45) is 0. The molecule has 4 aromatic rings. The van der Waals surface area contributed by atoms with Gasteiger partial charge in [0.1, 0.15) is 0 Å². The van der Waals surface area contributed by atoms with Crippen LogP contribution in [0, 0.1) is 0 Å². The fraction of sp³-hybridized carbons (Fsp3) is 0.0833. The number of aromatic nitrogens is 2. The minimum atomic E-state index is -1.15. The number of carbonyl (C=O) groups excluding carboxylic acids is 1. The van der Waals surface area contributed by atoms with Gasteiger partial charge in [0.2, 0.25) is 17.1 Å². The molecule has 0 unspecified atom stereocenters. The van der Waals surface area contributed by atoms with E-state index in [0.29, 0.717) is 0 Å². The van der Waals surface area contributed by atoms with E-state index in [2.05, 4.69) is 14.5 Å². The van der Waals surface area contributed by atoms with Crippen molar-refractivity contribution in [2.24, 2.45) is 5.16 Å². The van der Waals surface area contributed by atoms with Crippen LogP contribution in [0.4, 0.5) is 5.13 Å². The van der Waals surface area contributed by atoms with E-state index in [1.807, 2.05) is 91.0 Å². The predicted octanol–water partition coefficient (Wildman–Crippen LogP) is 4.01. The predicted molar refractivity (Wildman–Crippen MR) is 123 cm³/mol. The summed E-state index contributed by atoms with van der Waals surface area (Å²) in [5, 5.41) is 4.45. The van der Waals surface area contributed by atoms with Gasteiger partial charge in [0, 0.05) is 28.2 Å². The number of hydrogen-bond acceptors (Lipinski definition) is 8. The molecule has 0 saturated carbocycles. The van der Waals surface area contributed by atoms with Gasteiger partial charge in [-0.3, -0.25) is 0 Å². The number of benzene rings is 3. The molecule has 0 aliphatic heterocycles. The van der Waals surface area contributed by atoms with Gasteiger partial charge >= 0.3 is 5.97 Å². The van der Waals surface area contributed by atoms with Crippen molar-refractivity contribution in [1.82, 2.24) is 9.36 Å². The van der Waals surface area contributed by atoms with Gasteiger partial charge in [-0.05, 0) is 0 Å². The molecule has 3 aromatic carbocycles. The first kappa shape index (κ1) is 21.2. The van der Waals surface area contributed by atoms with Crippen molar-refractivity contribution >= 4 is 28.3 Å². The number of ether oxygens (including phenoxy) is 1. The molecule has 0 saturated heterocycles. The lowest BCUT2D eigenvalue weighted by Gasteiger charge is -2.33. The van der Waals surface area contributed by atoms with E-state index >= 15 is 0 Å². The molecule has 32 heavy (non-hydrogen) atoms. The molecule has 8 heteroatoms. The van der Waals surface area contributed by atoms with Crippen LogP contribution in [0.1, 0.15) is 22.5 Å². The third-order valence-corrected chi connectivity index (χ3v) is 5.39. The molecule has 7 nitrogen and oxygen atoms in total. The number of nitrogens with zero attached hydrogens (tertiary/aromatic N) is 3. The SMILES string of the molecule is COC(=O)C(=NOC(c1ccccc1)(c1ccccc1)c1ccccc1)c1nsc(N)n1. The number of rotatable bonds is 7. The first-order valence-electron chi connectivity index (χ1n) is 9.76. The summed E-state index contributed by atoms with van der Waals surface area (Å²) in [7, 11) is 1.26. The lowest BCUT2D eigenvalue weighted by molar-refractivity contribution is -0.133. The number of oxime groups is 1. The maximum atomic E-state index is 12.5. The Labute approximate surface area is 189 Å². The Morgan fingerprint density at radius 2 is 1.34 bits per heavy atom. The van der Waals surface area contributed by atoms with Crippen LogP contribution in [0.2, 0.25) is 0 Å². The maximum absolute atomic E-state index is 12.5. The Balaban J connectivity index is 1.95. The number of nitrogen functional groups attached to an aromatic ring is 1. The van der Waals surface area contributed by atoms with Gasteiger partial charge in [-0.2, -0.15) is 9.36 Å². The van der Waals surface area contributed by atoms with E-state index in [1.165, 1.54) is 7.11 Å². The molecule has 0 bridgehead atoms. The van der Waals surface area contributed by atoms with Crippen molar-refractivity contribution in [2.45, 2.75) is 5.60 Å². The molecule has 2 N–H and O–H groups in total. The monoisotopic (exact) mass is 444 g/mol. The van der Waals surface area contributed by atoms with E-state index in [9.17, 15) is 4.79 Å². The molecule has 0 spiro atoms. The average molecular weight is 445 g/mol. The minimum absolute atomic E-state index is 0.0439. The quantitative estimate of drug-likeness (QED) is 0.200. The van der Waals surface area contributed by atoms with Gasteiger partial charge in [-0.25, -0.2) is 4.79 Å². The Bertz CT molecular complexity index is 1120. The van der Waals surface area contributed by atoms with E-state index in [-0.39, 0.29) is 16.7 Å². The Morgan fingerprint density at radius 3 is 1.72 bits per heavy atom. The minimum Gasteiger partial charge on any atom is -0.464 e. The average Bonchev–Trinajstić information content (AvgIpc) is 3.29. The van der Waals surface area contributed by atoms with Crippen LogP contribution in [0.3, 0.4) is 0 Å². The van der Waals surface area contributed by atoms with Crippen molar-refractivity contribution in [3.63, 3.8) is 0 Å². The topological polar surface area (TPSA) is 99.7 Å². The van der Waals surface area contributed by atoms with Crippen LogP contribution in [0.25, 0.3) is 0 Å². The zero-order valence-electron chi connectivity index (χ0n) is 17.2. The lowest BCUT2D eigenvalue weighted by Crippen LogP contribution is -2.32. The van der Waals surface area contributed by atoms with Crippen molar-refractivity contribution in [3.05, 3.63) is 114 Å². The zero-order chi connectivity index (χ0) is 22.4. The summed E-state index contributed by atoms with van der Waals surface area (Å²) in [6.45, 7) is 0. The van der Waals surface area contributed by atoms with Crippen LogP contribution in [0.15, 0.2) is 96.2 Å². The second kappa shape index (κ2) is 9.40. The van der Waals surface area contributed by atoms with E-state index in [1.54, 1.807) is 0 Å². The second-order valence-electron chi connectivity index (χ2n) is 6.76.